The lowest BCUT2D eigenvalue weighted by Gasteiger charge is -2.17. The summed E-state index contributed by atoms with van der Waals surface area (Å²) in [6.45, 7) is 7.58. The number of hydrogen-bond acceptors (Lipinski definition) is 4. The molecule has 2 rings (SSSR count). The second-order valence-electron chi connectivity index (χ2n) is 6.76. The molecule has 6 heteroatoms. The highest BCUT2D eigenvalue weighted by atomic mass is 16.5. The number of amides is 1. The van der Waals surface area contributed by atoms with Gasteiger partial charge in [-0.25, -0.2) is 0 Å². The number of hydrogen-bond donors (Lipinski definition) is 0. The van der Waals surface area contributed by atoms with Crippen molar-refractivity contribution in [1.29, 1.82) is 5.26 Å². The summed E-state index contributed by atoms with van der Waals surface area (Å²) in [5, 5.41) is 13.2. The van der Waals surface area contributed by atoms with Gasteiger partial charge in [0.05, 0.1) is 31.3 Å². The number of likely N-dealkylation sites (N-methyl/N-ethyl adjacent to an activating group) is 1. The molecule has 1 amide bonds. The fourth-order valence-electron chi connectivity index (χ4n) is 3.02. The molecule has 0 saturated carbocycles. The van der Waals surface area contributed by atoms with Crippen LogP contribution in [0, 0.1) is 32.1 Å². The highest BCUT2D eigenvalue weighted by molar-refractivity contribution is 5.76. The Balaban J connectivity index is 1.81. The van der Waals surface area contributed by atoms with E-state index in [4.69, 9.17) is 10.00 Å². The fraction of sp³-hybridized carbons (Fsp3) is 0.476. The number of carbonyl (C=O) groups excluding carboxylic acids is 1. The van der Waals surface area contributed by atoms with E-state index in [-0.39, 0.29) is 5.91 Å². The van der Waals surface area contributed by atoms with E-state index in [1.54, 1.807) is 11.9 Å². The second kappa shape index (κ2) is 9.77. The van der Waals surface area contributed by atoms with E-state index in [2.05, 4.69) is 11.2 Å². The molecule has 1 aromatic heterocycles. The minimum Gasteiger partial charge on any atom is -0.492 e. The van der Waals surface area contributed by atoms with Crippen molar-refractivity contribution in [1.82, 2.24) is 14.7 Å². The second-order valence-corrected chi connectivity index (χ2v) is 6.76. The van der Waals surface area contributed by atoms with Gasteiger partial charge < -0.3 is 9.64 Å². The molecule has 0 unspecified atom stereocenters. The summed E-state index contributed by atoms with van der Waals surface area (Å²) in [5.74, 6) is 0.915. The van der Waals surface area contributed by atoms with Crippen molar-refractivity contribution >= 4 is 5.91 Å². The van der Waals surface area contributed by atoms with Crippen molar-refractivity contribution in [2.75, 3.05) is 20.2 Å². The zero-order valence-electron chi connectivity index (χ0n) is 16.7. The molecule has 0 spiro atoms. The standard InChI is InChI=1S/C21H28N4O2/c1-16-7-5-8-19(15-16)27-14-13-24(4)21(26)10-9-20-17(2)23-25(18(20)3)12-6-11-22/h5,7-8,15H,6,9-10,12-14H2,1-4H3. The van der Waals surface area contributed by atoms with Crippen LogP contribution in [-0.4, -0.2) is 40.8 Å². The number of ether oxygens (including phenoxy) is 1. The van der Waals surface area contributed by atoms with Gasteiger partial charge in [0.2, 0.25) is 5.91 Å². The molecular weight excluding hydrogens is 340 g/mol. The van der Waals surface area contributed by atoms with E-state index < -0.39 is 0 Å². The summed E-state index contributed by atoms with van der Waals surface area (Å²) >= 11 is 0. The van der Waals surface area contributed by atoms with Gasteiger partial charge in [0.25, 0.3) is 0 Å². The highest BCUT2D eigenvalue weighted by Crippen LogP contribution is 2.16. The van der Waals surface area contributed by atoms with Crippen LogP contribution in [0.4, 0.5) is 0 Å². The number of nitriles is 1. The Hall–Kier alpha value is -2.81. The molecule has 1 aromatic carbocycles. The van der Waals surface area contributed by atoms with E-state index in [1.807, 2.05) is 49.7 Å². The maximum atomic E-state index is 12.4. The van der Waals surface area contributed by atoms with Crippen molar-refractivity contribution in [2.45, 2.75) is 46.6 Å². The Morgan fingerprint density at radius 1 is 1.33 bits per heavy atom. The zero-order chi connectivity index (χ0) is 19.8. The average molecular weight is 368 g/mol. The van der Waals surface area contributed by atoms with Gasteiger partial charge in [-0.2, -0.15) is 10.4 Å². The quantitative estimate of drug-likeness (QED) is 0.681. The summed E-state index contributed by atoms with van der Waals surface area (Å²) in [4.78, 5) is 14.1. The summed E-state index contributed by atoms with van der Waals surface area (Å²) in [5.41, 5.74) is 4.23. The van der Waals surface area contributed by atoms with Crippen molar-refractivity contribution in [3.63, 3.8) is 0 Å². The largest absolute Gasteiger partial charge is 0.492 e. The molecular formula is C21H28N4O2. The summed E-state index contributed by atoms with van der Waals surface area (Å²) in [6.07, 6.45) is 1.53. The van der Waals surface area contributed by atoms with Gasteiger partial charge in [0, 0.05) is 19.2 Å². The van der Waals surface area contributed by atoms with Crippen LogP contribution in [0.25, 0.3) is 0 Å². The molecule has 27 heavy (non-hydrogen) atoms. The Morgan fingerprint density at radius 3 is 2.81 bits per heavy atom. The third kappa shape index (κ3) is 5.85. The van der Waals surface area contributed by atoms with Gasteiger partial charge in [-0.05, 0) is 50.5 Å². The first-order valence-electron chi connectivity index (χ1n) is 9.25. The number of carbonyl (C=O) groups is 1. The van der Waals surface area contributed by atoms with Crippen molar-refractivity contribution in [2.24, 2.45) is 0 Å². The van der Waals surface area contributed by atoms with Crippen molar-refractivity contribution < 1.29 is 9.53 Å². The zero-order valence-corrected chi connectivity index (χ0v) is 16.7. The number of benzene rings is 1. The van der Waals surface area contributed by atoms with Crippen molar-refractivity contribution in [3.05, 3.63) is 46.8 Å². The molecule has 1 heterocycles. The maximum absolute atomic E-state index is 12.4. The first kappa shape index (κ1) is 20.5. The average Bonchev–Trinajstić information content (AvgIpc) is 2.91. The molecule has 0 aliphatic rings. The molecule has 0 bridgehead atoms. The molecule has 144 valence electrons. The number of aryl methyl sites for hydroxylation is 3. The van der Waals surface area contributed by atoms with Crippen LogP contribution in [0.3, 0.4) is 0 Å². The summed E-state index contributed by atoms with van der Waals surface area (Å²) < 4.78 is 7.57. The maximum Gasteiger partial charge on any atom is 0.222 e. The molecule has 0 atom stereocenters. The molecule has 0 saturated heterocycles. The van der Waals surface area contributed by atoms with Gasteiger partial charge >= 0.3 is 0 Å². The van der Waals surface area contributed by atoms with Gasteiger partial charge in [-0.15, -0.1) is 0 Å². The highest BCUT2D eigenvalue weighted by Gasteiger charge is 2.15. The number of rotatable bonds is 9. The van der Waals surface area contributed by atoms with E-state index in [9.17, 15) is 4.79 Å². The van der Waals surface area contributed by atoms with E-state index >= 15 is 0 Å². The molecule has 0 aliphatic carbocycles. The monoisotopic (exact) mass is 368 g/mol. The normalized spacial score (nSPS) is 10.5. The third-order valence-electron chi connectivity index (χ3n) is 4.67. The number of aromatic nitrogens is 2. The summed E-state index contributed by atoms with van der Waals surface area (Å²) in [7, 11) is 1.80. The smallest absolute Gasteiger partial charge is 0.222 e. The van der Waals surface area contributed by atoms with E-state index in [0.717, 1.165) is 28.3 Å². The molecule has 0 N–H and O–H groups in total. The lowest BCUT2D eigenvalue weighted by Crippen LogP contribution is -2.31. The Bertz CT molecular complexity index is 820. The topological polar surface area (TPSA) is 71.2 Å². The first-order valence-corrected chi connectivity index (χ1v) is 9.25. The lowest BCUT2D eigenvalue weighted by molar-refractivity contribution is -0.130. The molecule has 0 aliphatic heterocycles. The summed E-state index contributed by atoms with van der Waals surface area (Å²) in [6, 6.07) is 10.0. The Labute approximate surface area is 161 Å². The third-order valence-corrected chi connectivity index (χ3v) is 4.67. The van der Waals surface area contributed by atoms with E-state index in [1.165, 1.54) is 0 Å². The van der Waals surface area contributed by atoms with Crippen LogP contribution in [0.2, 0.25) is 0 Å². The van der Waals surface area contributed by atoms with Gasteiger partial charge in [-0.1, -0.05) is 12.1 Å². The van der Waals surface area contributed by atoms with Crippen LogP contribution >= 0.6 is 0 Å². The Kier molecular flexibility index (Phi) is 7.42. The first-order chi connectivity index (χ1) is 12.9. The van der Waals surface area contributed by atoms with Crippen LogP contribution < -0.4 is 4.74 Å². The molecule has 6 nitrogen and oxygen atoms in total. The minimum absolute atomic E-state index is 0.0893. The van der Waals surface area contributed by atoms with Crippen LogP contribution in [0.1, 0.15) is 35.4 Å². The van der Waals surface area contributed by atoms with Crippen molar-refractivity contribution in [3.8, 4) is 11.8 Å². The minimum atomic E-state index is 0.0893. The Morgan fingerprint density at radius 2 is 2.11 bits per heavy atom. The number of nitrogens with zero attached hydrogens (tertiary/aromatic N) is 4. The van der Waals surface area contributed by atoms with Crippen LogP contribution in [0.5, 0.6) is 5.75 Å². The predicted octanol–water partition coefficient (Wildman–Crippen LogP) is 3.19. The predicted molar refractivity (Wildman–Crippen MR) is 105 cm³/mol. The molecule has 0 radical (unpaired) electrons. The SMILES string of the molecule is Cc1cccc(OCCN(C)C(=O)CCc2c(C)nn(CCC#N)c2C)c1. The molecule has 0 fully saturated rings. The van der Waals surface area contributed by atoms with Gasteiger partial charge in [0.1, 0.15) is 12.4 Å². The van der Waals surface area contributed by atoms with Gasteiger partial charge in [-0.3, -0.25) is 9.48 Å². The van der Waals surface area contributed by atoms with Crippen LogP contribution in [0.15, 0.2) is 24.3 Å². The van der Waals surface area contributed by atoms with E-state index in [0.29, 0.717) is 39.0 Å². The fourth-order valence-corrected chi connectivity index (χ4v) is 3.02. The lowest BCUT2D eigenvalue weighted by atomic mass is 10.1. The van der Waals surface area contributed by atoms with Gasteiger partial charge in [0.15, 0.2) is 0 Å². The molecule has 2 aromatic rings. The van der Waals surface area contributed by atoms with Crippen LogP contribution in [-0.2, 0) is 17.8 Å².